The van der Waals surface area contributed by atoms with E-state index in [0.29, 0.717) is 46.1 Å². The number of para-hydroxylation sites is 1. The Labute approximate surface area is 192 Å². The highest BCUT2D eigenvalue weighted by Crippen LogP contribution is 2.33. The van der Waals surface area contributed by atoms with Gasteiger partial charge in [0.1, 0.15) is 5.65 Å². The van der Waals surface area contributed by atoms with Gasteiger partial charge in [-0.2, -0.15) is 5.26 Å². The van der Waals surface area contributed by atoms with E-state index < -0.39 is 0 Å². The summed E-state index contributed by atoms with van der Waals surface area (Å²) in [6.45, 7) is 2.61. The zero-order valence-corrected chi connectivity index (χ0v) is 18.5. The minimum atomic E-state index is -0.182. The number of aromatic nitrogens is 2. The van der Waals surface area contributed by atoms with Gasteiger partial charge in [0.05, 0.1) is 36.6 Å². The molecule has 2 aromatic heterocycles. The van der Waals surface area contributed by atoms with Gasteiger partial charge in [0.2, 0.25) is 0 Å². The van der Waals surface area contributed by atoms with Gasteiger partial charge < -0.3 is 9.47 Å². The molecule has 2 aromatic carbocycles. The molecule has 2 heterocycles. The first-order valence-corrected chi connectivity index (χ1v) is 10.7. The number of pyridine rings is 1. The second kappa shape index (κ2) is 9.84. The van der Waals surface area contributed by atoms with E-state index in [1.54, 1.807) is 49.7 Å². The second-order valence-corrected chi connectivity index (χ2v) is 7.36. The maximum atomic E-state index is 13.4. The van der Waals surface area contributed by atoms with Crippen LogP contribution in [0.4, 0.5) is 0 Å². The number of hydrogen-bond donors (Lipinski definition) is 0. The number of nitriles is 1. The Morgan fingerprint density at radius 3 is 2.61 bits per heavy atom. The Kier molecular flexibility index (Phi) is 6.51. The first-order valence-electron chi connectivity index (χ1n) is 10.7. The van der Waals surface area contributed by atoms with E-state index in [0.717, 1.165) is 12.0 Å². The molecular weight excluding hydrogens is 414 g/mol. The summed E-state index contributed by atoms with van der Waals surface area (Å²) in [4.78, 5) is 18.1. The molecule has 0 saturated heterocycles. The minimum absolute atomic E-state index is 0.182. The summed E-state index contributed by atoms with van der Waals surface area (Å²) in [6.07, 6.45) is 6.26. The van der Waals surface area contributed by atoms with Crippen molar-refractivity contribution in [3.05, 3.63) is 94.0 Å². The largest absolute Gasteiger partial charge is 0.493 e. The minimum Gasteiger partial charge on any atom is -0.493 e. The molecule has 0 spiro atoms. The first-order chi connectivity index (χ1) is 16.2. The van der Waals surface area contributed by atoms with Gasteiger partial charge in [-0.15, -0.1) is 0 Å². The molecule has 0 N–H and O–H groups in total. The number of ether oxygens (including phenoxy) is 2. The van der Waals surface area contributed by atoms with Gasteiger partial charge in [-0.25, -0.2) is 4.98 Å². The van der Waals surface area contributed by atoms with Crippen molar-refractivity contribution in [1.29, 1.82) is 5.26 Å². The smallest absolute Gasteiger partial charge is 0.266 e. The fraction of sp³-hybridized carbons (Fsp3) is 0.148. The summed E-state index contributed by atoms with van der Waals surface area (Å²) in [5.74, 6) is 1.29. The average Bonchev–Trinajstić information content (AvgIpc) is 2.86. The number of hydrogen-bond acceptors (Lipinski definition) is 5. The predicted octanol–water partition coefficient (Wildman–Crippen LogP) is 5.20. The fourth-order valence-corrected chi connectivity index (χ4v) is 3.56. The Hall–Kier alpha value is -4.37. The van der Waals surface area contributed by atoms with Gasteiger partial charge in [0.15, 0.2) is 11.5 Å². The zero-order chi connectivity index (χ0) is 23.2. The van der Waals surface area contributed by atoms with Crippen molar-refractivity contribution in [1.82, 2.24) is 9.38 Å². The summed E-state index contributed by atoms with van der Waals surface area (Å²) >= 11 is 0. The van der Waals surface area contributed by atoms with Crippen molar-refractivity contribution in [2.24, 2.45) is 0 Å². The van der Waals surface area contributed by atoms with E-state index in [4.69, 9.17) is 19.7 Å². The standard InChI is InChI=1S/C27H23N3O3/c1-3-17-33-26-21(7-6-8-23(26)32-2)14-15-22-25(20-12-10-19(18-28)11-13-20)27(31)30-16-5-4-9-24(30)29-22/h4-16H,3,17H2,1-2H3. The third-order valence-corrected chi connectivity index (χ3v) is 5.17. The molecule has 6 heteroatoms. The van der Waals surface area contributed by atoms with E-state index in [1.807, 2.05) is 43.3 Å². The lowest BCUT2D eigenvalue weighted by molar-refractivity contribution is 0.293. The lowest BCUT2D eigenvalue weighted by Gasteiger charge is -2.13. The SMILES string of the molecule is CCCOc1c(C=Cc2nc3ccccn3c(=O)c2-c2ccc(C#N)cc2)cccc1OC. The molecule has 33 heavy (non-hydrogen) atoms. The maximum Gasteiger partial charge on any atom is 0.266 e. The number of nitrogens with zero attached hydrogens (tertiary/aromatic N) is 3. The Morgan fingerprint density at radius 2 is 1.88 bits per heavy atom. The van der Waals surface area contributed by atoms with Crippen LogP contribution in [0.5, 0.6) is 11.5 Å². The van der Waals surface area contributed by atoms with E-state index in [-0.39, 0.29) is 5.56 Å². The van der Waals surface area contributed by atoms with Crippen LogP contribution in [0.1, 0.15) is 30.2 Å². The van der Waals surface area contributed by atoms with Crippen LogP contribution in [0.25, 0.3) is 28.9 Å². The quantitative estimate of drug-likeness (QED) is 0.397. The highest BCUT2D eigenvalue weighted by Gasteiger charge is 2.14. The van der Waals surface area contributed by atoms with E-state index >= 15 is 0 Å². The molecule has 0 saturated carbocycles. The molecule has 0 radical (unpaired) electrons. The van der Waals surface area contributed by atoms with E-state index in [2.05, 4.69) is 6.07 Å². The second-order valence-electron chi connectivity index (χ2n) is 7.36. The summed E-state index contributed by atoms with van der Waals surface area (Å²) in [5, 5.41) is 9.13. The number of fused-ring (bicyclic) bond motifs is 1. The summed E-state index contributed by atoms with van der Waals surface area (Å²) < 4.78 is 12.9. The topological polar surface area (TPSA) is 76.6 Å². The Bertz CT molecular complexity index is 1410. The van der Waals surface area contributed by atoms with Gasteiger partial charge in [0.25, 0.3) is 5.56 Å². The van der Waals surface area contributed by atoms with Gasteiger partial charge in [-0.05, 0) is 54.5 Å². The normalized spacial score (nSPS) is 10.9. The number of benzene rings is 2. The van der Waals surface area contributed by atoms with Crippen molar-refractivity contribution >= 4 is 17.8 Å². The highest BCUT2D eigenvalue weighted by molar-refractivity contribution is 5.81. The fourth-order valence-electron chi connectivity index (χ4n) is 3.56. The molecule has 0 aliphatic carbocycles. The van der Waals surface area contributed by atoms with Crippen LogP contribution in [-0.4, -0.2) is 23.1 Å². The van der Waals surface area contributed by atoms with Crippen LogP contribution in [0.15, 0.2) is 71.7 Å². The summed E-state index contributed by atoms with van der Waals surface area (Å²) in [5.41, 5.74) is 3.39. The average molecular weight is 437 g/mol. The van der Waals surface area contributed by atoms with Crippen molar-refractivity contribution in [2.75, 3.05) is 13.7 Å². The van der Waals surface area contributed by atoms with E-state index in [9.17, 15) is 4.79 Å². The van der Waals surface area contributed by atoms with Gasteiger partial charge in [-0.3, -0.25) is 9.20 Å². The lowest BCUT2D eigenvalue weighted by Crippen LogP contribution is -2.18. The first kappa shape index (κ1) is 21.8. The molecule has 0 aliphatic rings. The zero-order valence-electron chi connectivity index (χ0n) is 18.5. The predicted molar refractivity (Wildman–Crippen MR) is 129 cm³/mol. The Morgan fingerprint density at radius 1 is 1.06 bits per heavy atom. The Balaban J connectivity index is 1.88. The van der Waals surface area contributed by atoms with Crippen molar-refractivity contribution in [2.45, 2.75) is 13.3 Å². The van der Waals surface area contributed by atoms with Crippen LogP contribution in [-0.2, 0) is 0 Å². The molecule has 0 aliphatic heterocycles. The molecule has 4 rings (SSSR count). The highest BCUT2D eigenvalue weighted by atomic mass is 16.5. The van der Waals surface area contributed by atoms with E-state index in [1.165, 1.54) is 4.40 Å². The maximum absolute atomic E-state index is 13.4. The molecule has 0 atom stereocenters. The summed E-state index contributed by atoms with van der Waals surface area (Å²) in [7, 11) is 1.61. The van der Waals surface area contributed by atoms with Gasteiger partial charge >= 0.3 is 0 Å². The van der Waals surface area contributed by atoms with Gasteiger partial charge in [0, 0.05) is 11.8 Å². The molecule has 6 nitrogen and oxygen atoms in total. The molecule has 0 amide bonds. The molecule has 4 aromatic rings. The lowest BCUT2D eigenvalue weighted by atomic mass is 10.0. The molecule has 0 bridgehead atoms. The van der Waals surface area contributed by atoms with Crippen molar-refractivity contribution in [3.8, 4) is 28.7 Å². The van der Waals surface area contributed by atoms with Crippen LogP contribution < -0.4 is 15.0 Å². The summed E-state index contributed by atoms with van der Waals surface area (Å²) in [6, 6.07) is 20.1. The van der Waals surface area contributed by atoms with Crippen molar-refractivity contribution < 1.29 is 9.47 Å². The third-order valence-electron chi connectivity index (χ3n) is 5.17. The van der Waals surface area contributed by atoms with Crippen LogP contribution in [0.3, 0.4) is 0 Å². The monoisotopic (exact) mass is 437 g/mol. The van der Waals surface area contributed by atoms with Gasteiger partial charge in [-0.1, -0.05) is 37.3 Å². The van der Waals surface area contributed by atoms with Crippen LogP contribution in [0.2, 0.25) is 0 Å². The molecule has 0 fully saturated rings. The molecular formula is C27H23N3O3. The molecule has 164 valence electrons. The van der Waals surface area contributed by atoms with Crippen LogP contribution >= 0.6 is 0 Å². The number of rotatable bonds is 7. The molecule has 0 unspecified atom stereocenters. The third kappa shape index (κ3) is 4.48. The number of methoxy groups -OCH3 is 1. The van der Waals surface area contributed by atoms with Crippen LogP contribution in [0, 0.1) is 11.3 Å². The van der Waals surface area contributed by atoms with Crippen molar-refractivity contribution in [3.63, 3.8) is 0 Å².